The molecule has 0 aromatic carbocycles. The van der Waals surface area contributed by atoms with Gasteiger partial charge in [0.2, 0.25) is 65.0 Å². The number of allylic oxidation sites excluding steroid dienone is 2. The molecule has 0 radical (unpaired) electrons. The van der Waals surface area contributed by atoms with Gasteiger partial charge in [-0.1, -0.05) is 81.4 Å². The number of nitrogens with zero attached hydrogens (tertiary/aromatic N) is 7. The van der Waals surface area contributed by atoms with E-state index in [1.807, 2.05) is 27.7 Å². The molecule has 5 N–H and O–H groups in total. The van der Waals surface area contributed by atoms with Crippen LogP contribution in [0.5, 0.6) is 0 Å². The number of hydrogen-bond acceptors (Lipinski definition) is 12. The normalized spacial score (nSPS) is 27.9. The third kappa shape index (κ3) is 19.0. The summed E-state index contributed by atoms with van der Waals surface area (Å²) in [5, 5.41) is 22.6. The number of hydrogen-bond donors (Lipinski definition) is 5. The Morgan fingerprint density at radius 1 is 0.506 bits per heavy atom. The fourth-order valence-electron chi connectivity index (χ4n) is 9.39. The van der Waals surface area contributed by atoms with E-state index in [1.165, 1.54) is 91.7 Å². The van der Waals surface area contributed by atoms with Crippen LogP contribution in [0.1, 0.15) is 130 Å². The molecule has 1 aliphatic heterocycles. The van der Waals surface area contributed by atoms with Crippen molar-refractivity contribution in [3.63, 3.8) is 0 Å². The van der Waals surface area contributed by atoms with Gasteiger partial charge >= 0.3 is 0 Å². The lowest BCUT2D eigenvalue weighted by molar-refractivity contribution is -0.157. The largest absolute Gasteiger partial charge is 0.390 e. The molecule has 1 aliphatic rings. The first-order valence-electron chi connectivity index (χ1n) is 27.8. The highest BCUT2D eigenvalue weighted by Crippen LogP contribution is 2.25. The lowest BCUT2D eigenvalue weighted by Gasteiger charge is -2.41. The lowest BCUT2D eigenvalue weighted by atomic mass is 9.91. The molecule has 0 spiro atoms. The van der Waals surface area contributed by atoms with Crippen LogP contribution in [-0.2, 0) is 52.7 Å². The van der Waals surface area contributed by atoms with Gasteiger partial charge in [0.15, 0.2) is 0 Å². The second kappa shape index (κ2) is 31.6. The fraction of sp³-hybridized carbons (Fsp3) is 0.768. The number of likely N-dealkylation sites (N-methyl/N-ethyl adjacent to an activating group) is 7. The van der Waals surface area contributed by atoms with Crippen LogP contribution in [0.4, 0.5) is 0 Å². The average Bonchev–Trinajstić information content (AvgIpc) is 3.38. The van der Waals surface area contributed by atoms with Crippen LogP contribution in [0.15, 0.2) is 12.2 Å². The van der Waals surface area contributed by atoms with Gasteiger partial charge in [-0.15, -0.1) is 0 Å². The van der Waals surface area contributed by atoms with Crippen molar-refractivity contribution >= 4 is 65.0 Å². The van der Waals surface area contributed by atoms with Gasteiger partial charge < -0.3 is 60.7 Å². The number of carbonyl (C=O) groups is 11. The maximum atomic E-state index is 15.0. The van der Waals surface area contributed by atoms with Crippen molar-refractivity contribution in [1.29, 1.82) is 0 Å². The summed E-state index contributed by atoms with van der Waals surface area (Å²) in [6.07, 6.45) is 2.72. The molecule has 12 atom stereocenters. The van der Waals surface area contributed by atoms with Crippen molar-refractivity contribution in [2.75, 3.05) is 55.9 Å². The van der Waals surface area contributed by atoms with Crippen molar-refractivity contribution < 1.29 is 57.8 Å². The monoisotopic (exact) mass is 1120 g/mol. The van der Waals surface area contributed by atoms with Crippen molar-refractivity contribution in [2.45, 2.75) is 196 Å². The summed E-state index contributed by atoms with van der Waals surface area (Å²) in [4.78, 5) is 165. The second-order valence-corrected chi connectivity index (χ2v) is 23.2. The molecule has 0 saturated carbocycles. The van der Waals surface area contributed by atoms with Gasteiger partial charge in [-0.05, 0) is 89.9 Å². The average molecular weight is 1120 g/mol. The Balaban J connectivity index is 4.15. The minimum atomic E-state index is -1.60. The Morgan fingerprint density at radius 2 is 0.962 bits per heavy atom. The molecular formula is C56H99N11O12. The Kier molecular flexibility index (Phi) is 28.4. The van der Waals surface area contributed by atoms with Crippen molar-refractivity contribution in [1.82, 2.24) is 55.6 Å². The quantitative estimate of drug-likeness (QED) is 0.183. The Bertz CT molecular complexity index is 2190. The standard InChI is InChI=1S/C56H99N11O12/c1-23-25-26-34(11)46(69)45-50(73)59-39(24-2)52(75)61(16)29-42(68)62(17)37(14)49(72)60-43(32(7)8)55(78)63(18)38(15)48(71)57-35(12)47(70)58-36(13)51(74)64(19)40(27-30(3)4)53(76)65(20)41(28-31(5)6)54(77)66(21)44(33(9)10)56(79)67(45)22/h23,25,30-41,43-46,69H,24,26-29H2,1-22H3,(H,57,71)(H,58,70)(H,59,73)(H,60,72)/b25-23+/t34-,35+,36-,37-,38+,39+,40+,41+,43+,44+,45+,46-/m1/s1. The van der Waals surface area contributed by atoms with Crippen LogP contribution in [0, 0.1) is 29.6 Å². The number of rotatable bonds is 11. The highest BCUT2D eigenvalue weighted by Gasteiger charge is 2.45. The summed E-state index contributed by atoms with van der Waals surface area (Å²) in [6, 6.07) is -12.3. The van der Waals surface area contributed by atoms with E-state index in [9.17, 15) is 48.3 Å². The van der Waals surface area contributed by atoms with Gasteiger partial charge in [0.05, 0.1) is 12.6 Å². The van der Waals surface area contributed by atoms with E-state index in [2.05, 4.69) is 21.3 Å². The van der Waals surface area contributed by atoms with Crippen molar-refractivity contribution in [2.24, 2.45) is 29.6 Å². The predicted octanol–water partition coefficient (Wildman–Crippen LogP) is 1.22. The Morgan fingerprint density at radius 3 is 1.43 bits per heavy atom. The highest BCUT2D eigenvalue weighted by atomic mass is 16.3. The van der Waals surface area contributed by atoms with Gasteiger partial charge in [0.1, 0.15) is 60.4 Å². The van der Waals surface area contributed by atoms with Crippen LogP contribution in [0.2, 0.25) is 0 Å². The van der Waals surface area contributed by atoms with E-state index in [0.29, 0.717) is 6.42 Å². The SMILES string of the molecule is C/C=C/C[C@@H](C)[C@@H](O)[C@H]1C(=O)N[C@@H](CC)C(=O)N(C)CC(=O)N(C)[C@H](C)C(=O)N[C@@H](C(C)C)C(=O)N(C)[C@@H](C)C(=O)N[C@@H](C)C(=O)N[C@H](C)C(=O)N(C)[C@@H](CC(C)C)C(=O)N(C)[C@@H](CC(C)C)C(=O)N(C)[C@@H](C(C)C)C(=O)N1C. The predicted molar refractivity (Wildman–Crippen MR) is 301 cm³/mol. The molecule has 1 rings (SSSR count). The van der Waals surface area contributed by atoms with E-state index in [1.54, 1.807) is 60.6 Å². The van der Waals surface area contributed by atoms with Gasteiger partial charge in [0.25, 0.3) is 0 Å². The third-order valence-corrected chi connectivity index (χ3v) is 15.1. The molecule has 79 heavy (non-hydrogen) atoms. The number of nitrogens with one attached hydrogen (secondary N) is 4. The van der Waals surface area contributed by atoms with Gasteiger partial charge in [-0.25, -0.2) is 0 Å². The van der Waals surface area contributed by atoms with Crippen molar-refractivity contribution in [3.8, 4) is 0 Å². The number of aliphatic hydroxyl groups excluding tert-OH is 1. The Hall–Kier alpha value is -6.13. The summed E-state index contributed by atoms with van der Waals surface area (Å²) in [5.74, 6) is -9.63. The molecule has 1 fully saturated rings. The number of carbonyl (C=O) groups excluding carboxylic acids is 11. The van der Waals surface area contributed by atoms with Gasteiger partial charge in [-0.2, -0.15) is 0 Å². The molecule has 0 unspecified atom stereocenters. The maximum Gasteiger partial charge on any atom is 0.246 e. The minimum Gasteiger partial charge on any atom is -0.390 e. The van der Waals surface area contributed by atoms with Crippen LogP contribution < -0.4 is 21.3 Å². The van der Waals surface area contributed by atoms with Gasteiger partial charge in [-0.3, -0.25) is 52.7 Å². The summed E-state index contributed by atoms with van der Waals surface area (Å²) >= 11 is 0. The first-order chi connectivity index (χ1) is 36.4. The molecule has 0 bridgehead atoms. The van der Waals surface area contributed by atoms with E-state index in [-0.39, 0.29) is 31.1 Å². The zero-order valence-electron chi connectivity index (χ0n) is 51.5. The molecule has 23 nitrogen and oxygen atoms in total. The lowest BCUT2D eigenvalue weighted by Crippen LogP contribution is -2.63. The first-order valence-corrected chi connectivity index (χ1v) is 27.8. The van der Waals surface area contributed by atoms with E-state index >= 15 is 9.59 Å². The molecular weight excluding hydrogens is 1020 g/mol. The zero-order valence-corrected chi connectivity index (χ0v) is 51.5. The van der Waals surface area contributed by atoms with Crippen molar-refractivity contribution in [3.05, 3.63) is 12.2 Å². The Labute approximate surface area is 470 Å². The fourth-order valence-corrected chi connectivity index (χ4v) is 9.39. The zero-order chi connectivity index (χ0) is 61.4. The number of amides is 11. The second-order valence-electron chi connectivity index (χ2n) is 23.2. The van der Waals surface area contributed by atoms with E-state index in [4.69, 9.17) is 0 Å². The smallest absolute Gasteiger partial charge is 0.246 e. The topological polar surface area (TPSA) is 279 Å². The highest BCUT2D eigenvalue weighted by molar-refractivity contribution is 5.99. The van der Waals surface area contributed by atoms with Crippen LogP contribution >= 0.6 is 0 Å². The minimum absolute atomic E-state index is 0.0239. The van der Waals surface area contributed by atoms with Gasteiger partial charge in [0, 0.05) is 49.3 Å². The molecule has 1 heterocycles. The van der Waals surface area contributed by atoms with E-state index < -0.39 is 156 Å². The maximum absolute atomic E-state index is 15.0. The molecule has 1 saturated heterocycles. The van der Waals surface area contributed by atoms with Crippen LogP contribution in [-0.4, -0.2) is 227 Å². The molecule has 0 aromatic heterocycles. The van der Waals surface area contributed by atoms with E-state index in [0.717, 1.165) is 19.6 Å². The molecule has 0 aromatic rings. The summed E-state index contributed by atoms with van der Waals surface area (Å²) < 4.78 is 0. The summed E-state index contributed by atoms with van der Waals surface area (Å²) in [6.45, 7) is 24.5. The molecule has 0 aliphatic carbocycles. The molecule has 11 amide bonds. The first kappa shape index (κ1) is 70.9. The van der Waals surface area contributed by atoms with Crippen LogP contribution in [0.25, 0.3) is 0 Å². The summed E-state index contributed by atoms with van der Waals surface area (Å²) in [5.41, 5.74) is 0. The third-order valence-electron chi connectivity index (χ3n) is 15.1. The molecule has 23 heteroatoms. The summed E-state index contributed by atoms with van der Waals surface area (Å²) in [7, 11) is 9.71. The molecule has 450 valence electrons. The number of aliphatic hydroxyl groups is 1. The van der Waals surface area contributed by atoms with Crippen LogP contribution in [0.3, 0.4) is 0 Å².